The Balaban J connectivity index is 2.52. The van der Waals surface area contributed by atoms with Crippen molar-refractivity contribution in [1.29, 1.82) is 0 Å². The first-order valence-corrected chi connectivity index (χ1v) is 5.90. The number of phenols is 1. The van der Waals surface area contributed by atoms with Crippen LogP contribution in [0.3, 0.4) is 0 Å². The maximum Gasteiger partial charge on any atom is 0.251 e. The molecule has 0 saturated carbocycles. The van der Waals surface area contributed by atoms with E-state index in [2.05, 4.69) is 5.32 Å². The van der Waals surface area contributed by atoms with Crippen LogP contribution in [-0.2, 0) is 0 Å². The molecule has 0 saturated heterocycles. The molecule has 3 nitrogen and oxygen atoms in total. The summed E-state index contributed by atoms with van der Waals surface area (Å²) in [5.41, 5.74) is 1.36. The zero-order chi connectivity index (χ0) is 14.0. The normalized spacial score (nSPS) is 10.3. The number of halogens is 2. The summed E-state index contributed by atoms with van der Waals surface area (Å²) in [7, 11) is 1.48. The van der Waals surface area contributed by atoms with Crippen molar-refractivity contribution in [3.63, 3.8) is 0 Å². The molecule has 19 heavy (non-hydrogen) atoms. The molecule has 0 aromatic heterocycles. The third-order valence-electron chi connectivity index (χ3n) is 2.67. The second-order valence-corrected chi connectivity index (χ2v) is 4.38. The average Bonchev–Trinajstić information content (AvgIpc) is 2.40. The third-order valence-corrected chi connectivity index (χ3v) is 2.97. The van der Waals surface area contributed by atoms with Gasteiger partial charge < -0.3 is 10.4 Å². The van der Waals surface area contributed by atoms with Gasteiger partial charge in [0.25, 0.3) is 5.91 Å². The van der Waals surface area contributed by atoms with Crippen LogP contribution in [0.25, 0.3) is 11.1 Å². The van der Waals surface area contributed by atoms with Gasteiger partial charge in [-0.15, -0.1) is 0 Å². The van der Waals surface area contributed by atoms with Gasteiger partial charge in [-0.25, -0.2) is 4.39 Å². The molecule has 0 bridgehead atoms. The van der Waals surface area contributed by atoms with E-state index in [9.17, 15) is 14.3 Å². The predicted molar refractivity (Wildman–Crippen MR) is 71.9 cm³/mol. The Labute approximate surface area is 114 Å². The quantitative estimate of drug-likeness (QED) is 0.887. The minimum absolute atomic E-state index is 0.0478. The van der Waals surface area contributed by atoms with Crippen LogP contribution in [0.2, 0.25) is 5.02 Å². The second-order valence-electron chi connectivity index (χ2n) is 3.97. The zero-order valence-corrected chi connectivity index (χ0v) is 10.8. The van der Waals surface area contributed by atoms with E-state index in [0.717, 1.165) is 6.07 Å². The number of aromatic hydroxyl groups is 1. The largest absolute Gasteiger partial charge is 0.506 e. The predicted octanol–water partition coefficient (Wildman–Crippen LogP) is 3.21. The summed E-state index contributed by atoms with van der Waals surface area (Å²) in [5, 5.41) is 12.0. The Hall–Kier alpha value is -2.07. The number of nitrogens with one attached hydrogen (secondary N) is 1. The third kappa shape index (κ3) is 2.85. The molecule has 0 radical (unpaired) electrons. The number of rotatable bonds is 2. The lowest BCUT2D eigenvalue weighted by Gasteiger charge is -2.07. The van der Waals surface area contributed by atoms with E-state index in [1.807, 2.05) is 0 Å². The van der Waals surface area contributed by atoms with Gasteiger partial charge in [-0.1, -0.05) is 17.7 Å². The lowest BCUT2D eigenvalue weighted by Crippen LogP contribution is -2.17. The first-order valence-electron chi connectivity index (χ1n) is 5.53. The summed E-state index contributed by atoms with van der Waals surface area (Å²) in [6.45, 7) is 0. The fraction of sp³-hybridized carbons (Fsp3) is 0.0714. The highest BCUT2D eigenvalue weighted by molar-refractivity contribution is 6.32. The number of phenolic OH excluding ortho intramolecular Hbond substituents is 1. The molecule has 0 fully saturated rings. The van der Waals surface area contributed by atoms with Gasteiger partial charge >= 0.3 is 0 Å². The van der Waals surface area contributed by atoms with E-state index in [4.69, 9.17) is 11.6 Å². The number of carbonyl (C=O) groups is 1. The fourth-order valence-electron chi connectivity index (χ4n) is 1.72. The van der Waals surface area contributed by atoms with Gasteiger partial charge in [0.05, 0.1) is 5.02 Å². The molecule has 0 aliphatic rings. The number of benzene rings is 2. The van der Waals surface area contributed by atoms with E-state index >= 15 is 0 Å². The molecule has 98 valence electrons. The Morgan fingerprint density at radius 2 is 1.95 bits per heavy atom. The summed E-state index contributed by atoms with van der Waals surface area (Å²) in [6.07, 6.45) is 0. The van der Waals surface area contributed by atoms with E-state index in [0.29, 0.717) is 11.1 Å². The van der Waals surface area contributed by atoms with E-state index < -0.39 is 5.82 Å². The maximum absolute atomic E-state index is 13.5. The van der Waals surface area contributed by atoms with Crippen molar-refractivity contribution in [2.45, 2.75) is 0 Å². The molecule has 0 spiro atoms. The number of carbonyl (C=O) groups excluding carboxylic acids is 1. The lowest BCUT2D eigenvalue weighted by atomic mass is 10.0. The summed E-state index contributed by atoms with van der Waals surface area (Å²) >= 11 is 5.81. The van der Waals surface area contributed by atoms with Crippen LogP contribution in [0, 0.1) is 5.82 Å². The van der Waals surface area contributed by atoms with Crippen molar-refractivity contribution in [1.82, 2.24) is 5.32 Å². The summed E-state index contributed by atoms with van der Waals surface area (Å²) in [6, 6.07) is 8.55. The van der Waals surface area contributed by atoms with Gasteiger partial charge in [-0.05, 0) is 41.5 Å². The number of hydrogen-bond donors (Lipinski definition) is 2. The minimum atomic E-state index is -0.514. The molecule has 2 aromatic carbocycles. The Morgan fingerprint density at radius 3 is 2.58 bits per heavy atom. The van der Waals surface area contributed by atoms with E-state index in [1.54, 1.807) is 12.1 Å². The first-order chi connectivity index (χ1) is 9.01. The first kappa shape index (κ1) is 13.4. The molecule has 0 aliphatic carbocycles. The second kappa shape index (κ2) is 5.28. The monoisotopic (exact) mass is 279 g/mol. The van der Waals surface area contributed by atoms with Gasteiger partial charge in [0.2, 0.25) is 0 Å². The Kier molecular flexibility index (Phi) is 3.71. The number of amides is 1. The maximum atomic E-state index is 13.5. The van der Waals surface area contributed by atoms with E-state index in [-0.39, 0.29) is 22.2 Å². The highest BCUT2D eigenvalue weighted by Gasteiger charge is 2.09. The highest BCUT2D eigenvalue weighted by atomic mass is 35.5. The van der Waals surface area contributed by atoms with Crippen LogP contribution in [0.15, 0.2) is 36.4 Å². The smallest absolute Gasteiger partial charge is 0.251 e. The lowest BCUT2D eigenvalue weighted by molar-refractivity contribution is 0.0962. The van der Waals surface area contributed by atoms with Gasteiger partial charge in [0, 0.05) is 12.6 Å². The molecule has 2 rings (SSSR count). The van der Waals surface area contributed by atoms with Gasteiger partial charge in [-0.3, -0.25) is 4.79 Å². The van der Waals surface area contributed by atoms with Crippen LogP contribution in [0.4, 0.5) is 4.39 Å². The fourth-order valence-corrected chi connectivity index (χ4v) is 1.90. The topological polar surface area (TPSA) is 49.3 Å². The van der Waals surface area contributed by atoms with Crippen molar-refractivity contribution in [3.8, 4) is 16.9 Å². The molecular weight excluding hydrogens is 269 g/mol. The Morgan fingerprint density at radius 1 is 1.21 bits per heavy atom. The molecule has 5 heteroatoms. The molecule has 0 unspecified atom stereocenters. The van der Waals surface area contributed by atoms with Gasteiger partial charge in [0.15, 0.2) is 0 Å². The molecule has 0 aliphatic heterocycles. The zero-order valence-electron chi connectivity index (χ0n) is 10.1. The van der Waals surface area contributed by atoms with Crippen molar-refractivity contribution >= 4 is 17.5 Å². The molecule has 1 amide bonds. The standard InChI is InChI=1S/C14H11ClFNO2/c1-17-14(19)10-4-9(5-11(16)6-10)8-2-3-13(18)12(15)7-8/h2-7,18H,1H3,(H,17,19). The van der Waals surface area contributed by atoms with Crippen LogP contribution in [0.5, 0.6) is 5.75 Å². The van der Waals surface area contributed by atoms with Crippen molar-refractivity contribution in [2.24, 2.45) is 0 Å². The van der Waals surface area contributed by atoms with Gasteiger partial charge in [-0.2, -0.15) is 0 Å². The summed E-state index contributed by atoms with van der Waals surface area (Å²) in [5.74, 6) is -0.931. The van der Waals surface area contributed by atoms with Crippen LogP contribution in [-0.4, -0.2) is 18.1 Å². The molecule has 0 heterocycles. The SMILES string of the molecule is CNC(=O)c1cc(F)cc(-c2ccc(O)c(Cl)c2)c1. The van der Waals surface area contributed by atoms with Crippen molar-refractivity contribution in [2.75, 3.05) is 7.05 Å². The molecule has 0 atom stereocenters. The number of hydrogen-bond acceptors (Lipinski definition) is 2. The van der Waals surface area contributed by atoms with Crippen LogP contribution < -0.4 is 5.32 Å². The van der Waals surface area contributed by atoms with Crippen molar-refractivity contribution in [3.05, 3.63) is 52.8 Å². The molecule has 2 N–H and O–H groups in total. The van der Waals surface area contributed by atoms with Crippen LogP contribution in [0.1, 0.15) is 10.4 Å². The summed E-state index contributed by atoms with van der Waals surface area (Å²) < 4.78 is 13.5. The van der Waals surface area contributed by atoms with E-state index in [1.165, 1.54) is 25.2 Å². The van der Waals surface area contributed by atoms with Crippen molar-refractivity contribution < 1.29 is 14.3 Å². The summed E-state index contributed by atoms with van der Waals surface area (Å²) in [4.78, 5) is 11.5. The molecular formula is C14H11ClFNO2. The molecule has 2 aromatic rings. The van der Waals surface area contributed by atoms with Crippen LogP contribution >= 0.6 is 11.6 Å². The highest BCUT2D eigenvalue weighted by Crippen LogP contribution is 2.30. The average molecular weight is 280 g/mol. The van der Waals surface area contributed by atoms with Gasteiger partial charge in [0.1, 0.15) is 11.6 Å². The minimum Gasteiger partial charge on any atom is -0.506 e. The Bertz CT molecular complexity index is 643.